The number of likely N-dealkylation sites (tertiary alicyclic amines) is 1. The molecule has 0 radical (unpaired) electrons. The highest BCUT2D eigenvalue weighted by molar-refractivity contribution is 5.94. The van der Waals surface area contributed by atoms with Gasteiger partial charge < -0.3 is 24.8 Å². The summed E-state index contributed by atoms with van der Waals surface area (Å²) in [5.41, 5.74) is -1.37. The predicted octanol–water partition coefficient (Wildman–Crippen LogP) is 2.48. The van der Waals surface area contributed by atoms with E-state index in [1.807, 2.05) is 36.9 Å². The Morgan fingerprint density at radius 1 is 1.06 bits per heavy atom. The Balaban J connectivity index is 0.000000451. The molecule has 1 saturated carbocycles. The van der Waals surface area contributed by atoms with Gasteiger partial charge in [0, 0.05) is 19.6 Å². The van der Waals surface area contributed by atoms with E-state index in [4.69, 9.17) is 19.4 Å². The van der Waals surface area contributed by atoms with Crippen molar-refractivity contribution in [2.75, 3.05) is 20.2 Å². The van der Waals surface area contributed by atoms with Gasteiger partial charge in [0.05, 0.1) is 24.0 Å². The highest BCUT2D eigenvalue weighted by Crippen LogP contribution is 2.68. The summed E-state index contributed by atoms with van der Waals surface area (Å²) < 4.78 is 42.8. The molecule has 1 heterocycles. The number of piperidine rings is 1. The molecule has 1 aliphatic heterocycles. The van der Waals surface area contributed by atoms with Gasteiger partial charge in [-0.3, -0.25) is 14.5 Å². The van der Waals surface area contributed by atoms with E-state index in [0.29, 0.717) is 18.0 Å². The van der Waals surface area contributed by atoms with Gasteiger partial charge in [0.2, 0.25) is 0 Å². The minimum absolute atomic E-state index is 0.0243. The Kier molecular flexibility index (Phi) is 6.98. The van der Waals surface area contributed by atoms with E-state index in [1.54, 1.807) is 7.11 Å². The molecule has 0 amide bonds. The molecule has 2 fully saturated rings. The van der Waals surface area contributed by atoms with E-state index < -0.39 is 34.9 Å². The minimum atomic E-state index is -5.08. The van der Waals surface area contributed by atoms with Crippen molar-refractivity contribution in [3.63, 3.8) is 0 Å². The van der Waals surface area contributed by atoms with E-state index >= 15 is 0 Å². The van der Waals surface area contributed by atoms with E-state index in [0.717, 1.165) is 5.56 Å². The number of rotatable bonds is 7. The summed E-state index contributed by atoms with van der Waals surface area (Å²) in [5, 5.41) is 26.1. The van der Waals surface area contributed by atoms with Crippen LogP contribution in [0.4, 0.5) is 13.2 Å². The first kappa shape index (κ1) is 25.2. The maximum atomic E-state index is 11.6. The summed E-state index contributed by atoms with van der Waals surface area (Å²) in [6.45, 7) is 4.84. The molecule has 2 aliphatic rings. The van der Waals surface area contributed by atoms with Crippen molar-refractivity contribution in [1.82, 2.24) is 4.90 Å². The molecule has 1 saturated heterocycles. The second-order valence-electron chi connectivity index (χ2n) is 8.05. The van der Waals surface area contributed by atoms with E-state index in [9.17, 15) is 33.0 Å². The van der Waals surface area contributed by atoms with Gasteiger partial charge >= 0.3 is 24.1 Å². The number of hydrogen-bond acceptors (Lipinski definition) is 6. The van der Waals surface area contributed by atoms with E-state index in [1.165, 1.54) is 0 Å². The van der Waals surface area contributed by atoms with Crippen LogP contribution in [0.3, 0.4) is 0 Å². The van der Waals surface area contributed by atoms with Crippen LogP contribution in [0.2, 0.25) is 0 Å². The number of ether oxygens (including phenoxy) is 2. The second kappa shape index (κ2) is 8.85. The first-order chi connectivity index (χ1) is 14.7. The van der Waals surface area contributed by atoms with Crippen molar-refractivity contribution in [2.45, 2.75) is 39.1 Å². The van der Waals surface area contributed by atoms with Crippen LogP contribution in [0.5, 0.6) is 11.5 Å². The fourth-order valence-electron chi connectivity index (χ4n) is 3.93. The van der Waals surface area contributed by atoms with Gasteiger partial charge in [0.1, 0.15) is 0 Å². The molecule has 3 N–H and O–H groups in total. The normalized spacial score (nSPS) is 24.2. The van der Waals surface area contributed by atoms with E-state index in [2.05, 4.69) is 0 Å². The van der Waals surface area contributed by atoms with Gasteiger partial charge in [-0.05, 0) is 38.0 Å². The summed E-state index contributed by atoms with van der Waals surface area (Å²) >= 11 is 0. The Bertz CT molecular complexity index is 875. The Labute approximate surface area is 181 Å². The molecule has 32 heavy (non-hydrogen) atoms. The standard InChI is InChI=1S/C18H23NO6.C2HF3O2/c1-11(2)25-13-5-4-12(6-14(13)24-3)7-19-9-17(15(20)21)8-18(17,10-19)16(22)23;3-2(4,5)1(6)7/h4-6,11H,7-10H2,1-3H3,(H,20,21)(H,22,23);(H,6,7)/t17-,18+;. The molecule has 178 valence electrons. The zero-order chi connectivity index (χ0) is 24.5. The third-order valence-electron chi connectivity index (χ3n) is 5.44. The quantitative estimate of drug-likeness (QED) is 0.558. The van der Waals surface area contributed by atoms with Crippen LogP contribution in [-0.4, -0.2) is 70.6 Å². The van der Waals surface area contributed by atoms with Crippen molar-refractivity contribution in [3.8, 4) is 11.5 Å². The van der Waals surface area contributed by atoms with Gasteiger partial charge in [0.25, 0.3) is 0 Å². The predicted molar refractivity (Wildman–Crippen MR) is 102 cm³/mol. The zero-order valence-electron chi connectivity index (χ0n) is 17.6. The lowest BCUT2D eigenvalue weighted by atomic mass is 9.97. The molecular formula is C20H24F3NO8. The molecule has 9 nitrogen and oxygen atoms in total. The number of carboxylic acids is 3. The molecule has 0 spiro atoms. The van der Waals surface area contributed by atoms with Crippen molar-refractivity contribution in [1.29, 1.82) is 0 Å². The summed E-state index contributed by atoms with van der Waals surface area (Å²) in [4.78, 5) is 34.0. The number of carbonyl (C=O) groups is 3. The topological polar surface area (TPSA) is 134 Å². The van der Waals surface area contributed by atoms with Gasteiger partial charge in [-0.2, -0.15) is 13.2 Å². The van der Waals surface area contributed by atoms with Crippen LogP contribution >= 0.6 is 0 Å². The average molecular weight is 463 g/mol. The van der Waals surface area contributed by atoms with Crippen molar-refractivity contribution < 1.29 is 52.3 Å². The molecule has 12 heteroatoms. The Hall–Kier alpha value is -3.02. The van der Waals surface area contributed by atoms with Crippen LogP contribution in [0.15, 0.2) is 18.2 Å². The molecule has 1 aromatic rings. The highest BCUT2D eigenvalue weighted by atomic mass is 19.4. The van der Waals surface area contributed by atoms with Crippen LogP contribution in [0.1, 0.15) is 25.8 Å². The van der Waals surface area contributed by atoms with Gasteiger partial charge in [-0.1, -0.05) is 6.07 Å². The minimum Gasteiger partial charge on any atom is -0.493 e. The summed E-state index contributed by atoms with van der Waals surface area (Å²) in [6, 6.07) is 5.57. The lowest BCUT2D eigenvalue weighted by Crippen LogP contribution is -2.28. The number of fused-ring (bicyclic) bond motifs is 1. The number of benzene rings is 1. The monoisotopic (exact) mass is 463 g/mol. The SMILES string of the molecule is COc1cc(CN2C[C@@]3(C(=O)O)C[C@@]3(C(=O)O)C2)ccc1OC(C)C.O=C(O)C(F)(F)F. The third kappa shape index (κ3) is 4.90. The van der Waals surface area contributed by atoms with Crippen LogP contribution in [0.25, 0.3) is 0 Å². The van der Waals surface area contributed by atoms with Crippen molar-refractivity contribution in [3.05, 3.63) is 23.8 Å². The van der Waals surface area contributed by atoms with Crippen LogP contribution in [-0.2, 0) is 20.9 Å². The Morgan fingerprint density at radius 3 is 1.94 bits per heavy atom. The number of aliphatic carboxylic acids is 3. The number of nitrogens with zero attached hydrogens (tertiary/aromatic N) is 1. The first-order valence-corrected chi connectivity index (χ1v) is 9.51. The number of methoxy groups -OCH3 is 1. The summed E-state index contributed by atoms with van der Waals surface area (Å²) in [5.74, 6) is -3.54. The summed E-state index contributed by atoms with van der Waals surface area (Å²) in [6.07, 6.45) is -4.85. The van der Waals surface area contributed by atoms with Crippen molar-refractivity contribution in [2.24, 2.45) is 10.8 Å². The zero-order valence-corrected chi connectivity index (χ0v) is 17.6. The second-order valence-corrected chi connectivity index (χ2v) is 8.05. The average Bonchev–Trinajstić information content (AvgIpc) is 3.21. The number of carboxylic acid groups (broad SMARTS) is 3. The molecule has 3 rings (SSSR count). The third-order valence-corrected chi connectivity index (χ3v) is 5.44. The van der Waals surface area contributed by atoms with Crippen molar-refractivity contribution >= 4 is 17.9 Å². The Morgan fingerprint density at radius 2 is 1.56 bits per heavy atom. The molecule has 1 aromatic carbocycles. The van der Waals surface area contributed by atoms with E-state index in [-0.39, 0.29) is 25.6 Å². The lowest BCUT2D eigenvalue weighted by Gasteiger charge is -2.21. The molecule has 1 aliphatic carbocycles. The molecule has 0 bridgehead atoms. The van der Waals surface area contributed by atoms with Crippen LogP contribution in [0, 0.1) is 10.8 Å². The molecule has 0 aromatic heterocycles. The van der Waals surface area contributed by atoms with Gasteiger partial charge in [0.15, 0.2) is 11.5 Å². The summed E-state index contributed by atoms with van der Waals surface area (Å²) in [7, 11) is 1.57. The highest BCUT2D eigenvalue weighted by Gasteiger charge is 2.80. The maximum Gasteiger partial charge on any atom is 0.490 e. The number of alkyl halides is 3. The number of hydrogen-bond donors (Lipinski definition) is 3. The molecular weight excluding hydrogens is 439 g/mol. The smallest absolute Gasteiger partial charge is 0.490 e. The number of halogens is 3. The van der Waals surface area contributed by atoms with Gasteiger partial charge in [-0.15, -0.1) is 0 Å². The maximum absolute atomic E-state index is 11.6. The first-order valence-electron chi connectivity index (χ1n) is 9.51. The largest absolute Gasteiger partial charge is 0.493 e. The lowest BCUT2D eigenvalue weighted by molar-refractivity contribution is -0.192. The fourth-order valence-corrected chi connectivity index (χ4v) is 3.93. The van der Waals surface area contributed by atoms with Crippen LogP contribution < -0.4 is 9.47 Å². The van der Waals surface area contributed by atoms with Gasteiger partial charge in [-0.25, -0.2) is 4.79 Å². The fraction of sp³-hybridized carbons (Fsp3) is 0.550. The molecule has 2 atom stereocenters. The molecule has 0 unspecified atom stereocenters.